The predicted octanol–water partition coefficient (Wildman–Crippen LogP) is 6.23. The molecule has 1 amide bonds. The average molecular weight is 558 g/mol. The number of benzene rings is 1. The van der Waals surface area contributed by atoms with Crippen LogP contribution in [0.1, 0.15) is 83.6 Å². The smallest absolute Gasteiger partial charge is 0.419 e. The number of rotatable bonds is 11. The highest BCUT2D eigenvalue weighted by Crippen LogP contribution is 2.39. The first kappa shape index (κ1) is 29.1. The Labute approximate surface area is 231 Å². The topological polar surface area (TPSA) is 109 Å². The normalized spacial score (nSPS) is 14.7. The van der Waals surface area contributed by atoms with Crippen LogP contribution in [-0.2, 0) is 11.0 Å². The van der Waals surface area contributed by atoms with Gasteiger partial charge in [-0.15, -0.1) is 0 Å². The first-order chi connectivity index (χ1) is 19.0. The van der Waals surface area contributed by atoms with Gasteiger partial charge in [-0.25, -0.2) is 9.67 Å². The van der Waals surface area contributed by atoms with Gasteiger partial charge in [0.25, 0.3) is 5.91 Å². The number of aromatic nitrogens is 3. The Kier molecular flexibility index (Phi) is 9.11. The van der Waals surface area contributed by atoms with Gasteiger partial charge in [-0.1, -0.05) is 25.0 Å². The molecule has 40 heavy (non-hydrogen) atoms. The number of anilines is 1. The number of amides is 1. The molecule has 4 rings (SSSR count). The Morgan fingerprint density at radius 1 is 1.10 bits per heavy atom. The van der Waals surface area contributed by atoms with Crippen molar-refractivity contribution in [2.75, 3.05) is 11.9 Å². The lowest BCUT2D eigenvalue weighted by molar-refractivity contribution is -0.138. The molecular formula is C29H34F3N5O3. The molecule has 0 radical (unpaired) electrons. The summed E-state index contributed by atoms with van der Waals surface area (Å²) in [5.74, 6) is -0.137. The van der Waals surface area contributed by atoms with Crippen LogP contribution in [0.25, 0.3) is 5.69 Å². The number of hydrogen-bond acceptors (Lipinski definition) is 5. The third-order valence-electron chi connectivity index (χ3n) is 7.31. The van der Waals surface area contributed by atoms with Gasteiger partial charge in [-0.2, -0.15) is 18.3 Å². The van der Waals surface area contributed by atoms with Crippen molar-refractivity contribution in [1.29, 1.82) is 0 Å². The maximum atomic E-state index is 13.1. The minimum absolute atomic E-state index is 0.0567. The molecule has 1 aliphatic rings. The summed E-state index contributed by atoms with van der Waals surface area (Å²) in [7, 11) is 0. The van der Waals surface area contributed by atoms with Crippen molar-refractivity contribution >= 4 is 17.7 Å². The summed E-state index contributed by atoms with van der Waals surface area (Å²) in [4.78, 5) is 27.5. The lowest BCUT2D eigenvalue weighted by Crippen LogP contribution is -2.25. The largest absolute Gasteiger partial charge is 0.481 e. The van der Waals surface area contributed by atoms with Crippen molar-refractivity contribution in [3.8, 4) is 5.69 Å². The van der Waals surface area contributed by atoms with E-state index in [-0.39, 0.29) is 18.4 Å². The van der Waals surface area contributed by atoms with Crippen LogP contribution in [0.15, 0.2) is 42.9 Å². The summed E-state index contributed by atoms with van der Waals surface area (Å²) < 4.78 is 40.7. The fourth-order valence-electron chi connectivity index (χ4n) is 5.36. The van der Waals surface area contributed by atoms with Gasteiger partial charge in [0.05, 0.1) is 29.1 Å². The van der Waals surface area contributed by atoms with Gasteiger partial charge in [-0.05, 0) is 74.3 Å². The van der Waals surface area contributed by atoms with Crippen molar-refractivity contribution in [3.05, 3.63) is 70.7 Å². The van der Waals surface area contributed by atoms with E-state index in [0.29, 0.717) is 42.4 Å². The third kappa shape index (κ3) is 7.19. The summed E-state index contributed by atoms with van der Waals surface area (Å²) in [6.45, 7) is 4.14. The van der Waals surface area contributed by atoms with Gasteiger partial charge < -0.3 is 15.7 Å². The Morgan fingerprint density at radius 3 is 2.38 bits per heavy atom. The molecule has 3 aromatic rings. The monoisotopic (exact) mass is 557 g/mol. The van der Waals surface area contributed by atoms with Crippen LogP contribution in [0.2, 0.25) is 0 Å². The number of carboxylic acid groups (broad SMARTS) is 1. The second-order valence-corrected chi connectivity index (χ2v) is 10.4. The number of alkyl halides is 3. The molecule has 1 aliphatic carbocycles. The van der Waals surface area contributed by atoms with E-state index in [0.717, 1.165) is 54.8 Å². The quantitative estimate of drug-likeness (QED) is 0.241. The number of carbonyl (C=O) groups excluding carboxylic acids is 1. The molecule has 8 nitrogen and oxygen atoms in total. The van der Waals surface area contributed by atoms with Crippen LogP contribution < -0.4 is 10.6 Å². The van der Waals surface area contributed by atoms with Gasteiger partial charge in [0.1, 0.15) is 5.82 Å². The number of halogens is 3. The van der Waals surface area contributed by atoms with Crippen LogP contribution in [0.4, 0.5) is 19.0 Å². The second-order valence-electron chi connectivity index (χ2n) is 10.4. The maximum Gasteiger partial charge on any atom is 0.419 e. The molecule has 3 N–H and O–H groups in total. The summed E-state index contributed by atoms with van der Waals surface area (Å²) in [6.07, 6.45) is 4.41. The summed E-state index contributed by atoms with van der Waals surface area (Å²) >= 11 is 0. The van der Waals surface area contributed by atoms with Gasteiger partial charge >= 0.3 is 12.1 Å². The van der Waals surface area contributed by atoms with E-state index < -0.39 is 17.7 Å². The molecule has 11 heteroatoms. The number of nitrogens with zero attached hydrogens (tertiary/aromatic N) is 3. The Bertz CT molecular complexity index is 1310. The highest BCUT2D eigenvalue weighted by atomic mass is 19.4. The molecule has 1 unspecified atom stereocenters. The Hall–Kier alpha value is -3.89. The first-order valence-electron chi connectivity index (χ1n) is 13.5. The molecule has 0 saturated heterocycles. The molecule has 0 aliphatic heterocycles. The number of carboxylic acids is 1. The van der Waals surface area contributed by atoms with Crippen molar-refractivity contribution < 1.29 is 27.9 Å². The number of hydrogen-bond donors (Lipinski definition) is 3. The number of pyridine rings is 1. The molecule has 0 bridgehead atoms. The van der Waals surface area contributed by atoms with Crippen LogP contribution >= 0.6 is 0 Å². The van der Waals surface area contributed by atoms with E-state index in [2.05, 4.69) is 20.7 Å². The Morgan fingerprint density at radius 2 is 1.80 bits per heavy atom. The van der Waals surface area contributed by atoms with Crippen LogP contribution in [0.5, 0.6) is 0 Å². The van der Waals surface area contributed by atoms with E-state index in [1.807, 2.05) is 26.0 Å². The zero-order valence-corrected chi connectivity index (χ0v) is 22.6. The van der Waals surface area contributed by atoms with E-state index in [9.17, 15) is 22.8 Å². The molecule has 2 heterocycles. The molecule has 1 atom stereocenters. The minimum Gasteiger partial charge on any atom is -0.481 e. The predicted molar refractivity (Wildman–Crippen MR) is 144 cm³/mol. The number of aliphatic carboxylic acids is 1. The lowest BCUT2D eigenvalue weighted by atomic mass is 9.89. The average Bonchev–Trinajstić information content (AvgIpc) is 3.60. The van der Waals surface area contributed by atoms with E-state index in [1.165, 1.54) is 10.9 Å². The molecule has 214 valence electrons. The molecular weight excluding hydrogens is 523 g/mol. The molecule has 0 spiro atoms. The minimum atomic E-state index is -4.46. The number of carbonyl (C=O) groups is 2. The van der Waals surface area contributed by atoms with Crippen molar-refractivity contribution in [3.63, 3.8) is 0 Å². The van der Waals surface area contributed by atoms with Gasteiger partial charge in [0.15, 0.2) is 0 Å². The van der Waals surface area contributed by atoms with Crippen molar-refractivity contribution in [1.82, 2.24) is 20.1 Å². The van der Waals surface area contributed by atoms with E-state index in [4.69, 9.17) is 5.11 Å². The fourth-order valence-corrected chi connectivity index (χ4v) is 5.36. The summed E-state index contributed by atoms with van der Waals surface area (Å²) in [5, 5.41) is 19.0. The van der Waals surface area contributed by atoms with Gasteiger partial charge in [0.2, 0.25) is 0 Å². The fraction of sp³-hybridized carbons (Fsp3) is 0.448. The molecule has 1 aromatic carbocycles. The number of aryl methyl sites for hydroxylation is 2. The van der Waals surface area contributed by atoms with Gasteiger partial charge in [0, 0.05) is 25.4 Å². The molecule has 1 fully saturated rings. The highest BCUT2D eigenvalue weighted by molar-refractivity contribution is 5.94. The first-order valence-corrected chi connectivity index (χ1v) is 13.5. The maximum absolute atomic E-state index is 13.1. The van der Waals surface area contributed by atoms with E-state index >= 15 is 0 Å². The number of nitrogens with one attached hydrogen (secondary N) is 2. The SMILES string of the molecule is Cc1cc(C(Nc2ccc(C(=O)NCCCCC(=O)O)cn2)C2CCCC2)cc(C)c1-n1cc(C(F)(F)F)cn1. The standard InChI is InChI=1S/C29H34F3N5O3/c1-18-13-22(14-19(2)27(18)37-17-23(16-35-37)29(30,31)32)26(20-7-3-4-8-20)36-24-11-10-21(15-34-24)28(40)33-12-6-5-9-25(38)39/h10-11,13-17,20,26H,3-9,12H2,1-2H3,(H,33,40)(H,34,36)(H,38,39). The van der Waals surface area contributed by atoms with Crippen molar-refractivity contribution in [2.24, 2.45) is 5.92 Å². The van der Waals surface area contributed by atoms with Crippen LogP contribution in [0.3, 0.4) is 0 Å². The second kappa shape index (κ2) is 12.5. The highest BCUT2D eigenvalue weighted by Gasteiger charge is 2.33. The zero-order valence-electron chi connectivity index (χ0n) is 22.6. The summed E-state index contributed by atoms with van der Waals surface area (Å²) in [6, 6.07) is 7.40. The third-order valence-corrected chi connectivity index (χ3v) is 7.31. The molecule has 1 saturated carbocycles. The molecule has 2 aromatic heterocycles. The zero-order chi connectivity index (χ0) is 28.9. The van der Waals surface area contributed by atoms with Crippen LogP contribution in [-0.4, -0.2) is 38.3 Å². The Balaban J connectivity index is 1.49. The number of unbranched alkanes of at least 4 members (excludes halogenated alkanes) is 1. The van der Waals surface area contributed by atoms with Crippen molar-refractivity contribution in [2.45, 2.75) is 71.0 Å². The van der Waals surface area contributed by atoms with Gasteiger partial charge in [-0.3, -0.25) is 9.59 Å². The van der Waals surface area contributed by atoms with E-state index in [1.54, 1.807) is 12.1 Å². The summed E-state index contributed by atoms with van der Waals surface area (Å²) in [5.41, 5.74) is 2.91. The lowest BCUT2D eigenvalue weighted by Gasteiger charge is -2.27. The van der Waals surface area contributed by atoms with Crippen LogP contribution in [0, 0.1) is 19.8 Å².